The first kappa shape index (κ1) is 15.9. The van der Waals surface area contributed by atoms with E-state index in [4.69, 9.17) is 0 Å². The lowest BCUT2D eigenvalue weighted by Gasteiger charge is -2.18. The minimum Gasteiger partial charge on any atom is -0.289 e. The second-order valence-corrected chi connectivity index (χ2v) is 7.25. The Morgan fingerprint density at radius 3 is 1.93 bits per heavy atom. The van der Waals surface area contributed by atoms with Gasteiger partial charge >= 0.3 is 0 Å². The zero-order valence-corrected chi connectivity index (χ0v) is 15.0. The molecule has 0 saturated carbocycles. The number of carbonyl (C=O) groups excluding carboxylic acids is 2. The van der Waals surface area contributed by atoms with Crippen LogP contribution in [0.4, 0.5) is 0 Å². The van der Waals surface area contributed by atoms with E-state index < -0.39 is 0 Å². The minimum atomic E-state index is -0.264. The van der Waals surface area contributed by atoms with Gasteiger partial charge in [0.05, 0.1) is 11.6 Å². The lowest BCUT2D eigenvalue weighted by atomic mass is 9.82. The Morgan fingerprint density at radius 1 is 0.586 bits per heavy atom. The summed E-state index contributed by atoms with van der Waals surface area (Å²) in [4.78, 5) is 38.3. The van der Waals surface area contributed by atoms with Gasteiger partial charge in [-0.2, -0.15) is 5.10 Å². The van der Waals surface area contributed by atoms with Gasteiger partial charge in [0, 0.05) is 27.6 Å². The van der Waals surface area contributed by atoms with Gasteiger partial charge in [-0.25, -0.2) is 5.10 Å². The average Bonchev–Trinajstić information content (AvgIpc) is 2.75. The largest absolute Gasteiger partial charge is 0.289 e. The summed E-state index contributed by atoms with van der Waals surface area (Å²) >= 11 is 0. The lowest BCUT2D eigenvalue weighted by molar-refractivity contribution is 0.0979. The van der Waals surface area contributed by atoms with Crippen molar-refractivity contribution in [1.29, 1.82) is 0 Å². The summed E-state index contributed by atoms with van der Waals surface area (Å²) in [6, 6.07) is 18.1. The van der Waals surface area contributed by atoms with E-state index in [9.17, 15) is 14.4 Å². The third-order valence-electron chi connectivity index (χ3n) is 5.66. The van der Waals surface area contributed by atoms with Crippen molar-refractivity contribution in [2.45, 2.75) is 0 Å². The van der Waals surface area contributed by atoms with Crippen LogP contribution in [-0.2, 0) is 0 Å². The first-order valence-electron chi connectivity index (χ1n) is 9.18. The Bertz CT molecular complexity index is 1610. The van der Waals surface area contributed by atoms with Gasteiger partial charge in [-0.05, 0) is 45.8 Å². The average molecular weight is 376 g/mol. The molecule has 0 unspecified atom stereocenters. The number of aromatic amines is 1. The number of aromatic nitrogens is 2. The summed E-state index contributed by atoms with van der Waals surface area (Å²) in [6.07, 6.45) is 1.62. The number of carbonyl (C=O) groups is 2. The smallest absolute Gasteiger partial charge is 0.272 e. The quantitative estimate of drug-likeness (QED) is 0.321. The lowest BCUT2D eigenvalue weighted by Crippen LogP contribution is -2.20. The highest BCUT2D eigenvalue weighted by Gasteiger charge is 2.29. The normalized spacial score (nSPS) is 13.1. The van der Waals surface area contributed by atoms with Crippen LogP contribution in [0.5, 0.6) is 0 Å². The summed E-state index contributed by atoms with van der Waals surface area (Å²) in [5.74, 6) is -0.296. The van der Waals surface area contributed by atoms with Crippen LogP contribution >= 0.6 is 0 Å². The number of rotatable bonds is 0. The molecule has 136 valence electrons. The number of nitrogens with zero attached hydrogens (tertiary/aromatic N) is 1. The van der Waals surface area contributed by atoms with E-state index >= 15 is 0 Å². The molecule has 0 spiro atoms. The molecule has 0 saturated heterocycles. The van der Waals surface area contributed by atoms with Crippen LogP contribution in [-0.4, -0.2) is 21.8 Å². The Hall–Kier alpha value is -4.12. The fraction of sp³-hybridized carbons (Fsp3) is 0. The summed E-state index contributed by atoms with van der Waals surface area (Å²) in [5, 5.41) is 11.1. The van der Waals surface area contributed by atoms with Crippen molar-refractivity contribution in [2.24, 2.45) is 0 Å². The second kappa shape index (κ2) is 5.45. The van der Waals surface area contributed by atoms with Crippen molar-refractivity contribution in [3.8, 4) is 0 Å². The number of hydrogen-bond acceptors (Lipinski definition) is 4. The van der Waals surface area contributed by atoms with Crippen molar-refractivity contribution in [3.63, 3.8) is 0 Å². The molecule has 0 aliphatic heterocycles. The molecule has 5 nitrogen and oxygen atoms in total. The molecule has 1 aliphatic rings. The highest BCUT2D eigenvalue weighted by atomic mass is 16.1. The highest BCUT2D eigenvalue weighted by molar-refractivity contribution is 6.30. The van der Waals surface area contributed by atoms with Gasteiger partial charge in [-0.1, -0.05) is 36.4 Å². The van der Waals surface area contributed by atoms with Crippen molar-refractivity contribution < 1.29 is 9.59 Å². The van der Waals surface area contributed by atoms with Crippen LogP contribution in [0.3, 0.4) is 0 Å². The molecule has 1 aliphatic carbocycles. The third-order valence-corrected chi connectivity index (χ3v) is 5.66. The molecule has 0 bridgehead atoms. The molecule has 1 N–H and O–H groups in total. The van der Waals surface area contributed by atoms with Gasteiger partial charge in [-0.15, -0.1) is 0 Å². The van der Waals surface area contributed by atoms with E-state index in [1.165, 1.54) is 0 Å². The van der Waals surface area contributed by atoms with Crippen molar-refractivity contribution in [3.05, 3.63) is 99.5 Å². The van der Waals surface area contributed by atoms with E-state index in [-0.39, 0.29) is 17.1 Å². The first-order chi connectivity index (χ1) is 14.1. The van der Waals surface area contributed by atoms with Crippen LogP contribution in [0.2, 0.25) is 0 Å². The standard InChI is InChI=1S/C24H12N2O3/c27-22-15-3-1-2-4-16(15)23(28)21-10-18-13(8-20(21)22)6-5-12-7-14-11-25-26-24(29)19(14)9-17(12)18/h1-11H,(H,26,29). The predicted octanol–water partition coefficient (Wildman–Crippen LogP) is 4.00. The molecular weight excluding hydrogens is 364 g/mol. The monoisotopic (exact) mass is 376 g/mol. The fourth-order valence-corrected chi connectivity index (χ4v) is 4.24. The Labute approximate surface area is 163 Å². The van der Waals surface area contributed by atoms with Crippen molar-refractivity contribution in [1.82, 2.24) is 10.2 Å². The van der Waals surface area contributed by atoms with Gasteiger partial charge in [-0.3, -0.25) is 14.4 Å². The zero-order chi connectivity index (χ0) is 19.7. The number of hydrogen-bond donors (Lipinski definition) is 1. The molecule has 0 atom stereocenters. The highest BCUT2D eigenvalue weighted by Crippen LogP contribution is 2.34. The van der Waals surface area contributed by atoms with E-state index in [2.05, 4.69) is 10.2 Å². The molecule has 5 aromatic rings. The van der Waals surface area contributed by atoms with E-state index in [1.54, 1.807) is 42.6 Å². The summed E-state index contributed by atoms with van der Waals surface area (Å²) in [5.41, 5.74) is 1.42. The number of benzene rings is 4. The number of nitrogens with one attached hydrogen (secondary N) is 1. The first-order valence-corrected chi connectivity index (χ1v) is 9.18. The zero-order valence-electron chi connectivity index (χ0n) is 15.0. The van der Waals surface area contributed by atoms with Gasteiger partial charge < -0.3 is 0 Å². The Morgan fingerprint density at radius 2 is 1.21 bits per heavy atom. The van der Waals surface area contributed by atoms with E-state index in [0.717, 1.165) is 26.9 Å². The maximum Gasteiger partial charge on any atom is 0.272 e. The fourth-order valence-electron chi connectivity index (χ4n) is 4.24. The van der Waals surface area contributed by atoms with Gasteiger partial charge in [0.1, 0.15) is 0 Å². The van der Waals surface area contributed by atoms with Gasteiger partial charge in [0.15, 0.2) is 11.6 Å². The van der Waals surface area contributed by atoms with Crippen molar-refractivity contribution in [2.75, 3.05) is 0 Å². The Balaban J connectivity index is 1.73. The Kier molecular flexibility index (Phi) is 2.99. The minimum absolute atomic E-state index is 0.141. The molecule has 5 heteroatoms. The molecule has 6 rings (SSSR count). The number of H-pyrrole nitrogens is 1. The predicted molar refractivity (Wildman–Crippen MR) is 111 cm³/mol. The van der Waals surface area contributed by atoms with E-state index in [1.807, 2.05) is 24.3 Å². The van der Waals surface area contributed by atoms with Crippen LogP contribution in [0.25, 0.3) is 32.3 Å². The second-order valence-electron chi connectivity index (χ2n) is 7.25. The topological polar surface area (TPSA) is 79.9 Å². The summed E-state index contributed by atoms with van der Waals surface area (Å²) in [7, 11) is 0. The summed E-state index contributed by atoms with van der Waals surface area (Å²) < 4.78 is 0. The molecule has 1 aromatic heterocycles. The van der Waals surface area contributed by atoms with Crippen LogP contribution in [0.15, 0.2) is 71.7 Å². The maximum atomic E-state index is 13.1. The maximum absolute atomic E-state index is 13.1. The molecular formula is C24H12N2O3. The van der Waals surface area contributed by atoms with Gasteiger partial charge in [0.25, 0.3) is 5.56 Å². The van der Waals surface area contributed by atoms with Crippen LogP contribution in [0, 0.1) is 0 Å². The molecule has 0 fully saturated rings. The molecule has 1 heterocycles. The third kappa shape index (κ3) is 2.09. The number of ketones is 2. The molecule has 0 amide bonds. The van der Waals surface area contributed by atoms with Crippen LogP contribution < -0.4 is 5.56 Å². The van der Waals surface area contributed by atoms with E-state index in [0.29, 0.717) is 27.6 Å². The summed E-state index contributed by atoms with van der Waals surface area (Å²) in [6.45, 7) is 0. The van der Waals surface area contributed by atoms with Gasteiger partial charge in [0.2, 0.25) is 0 Å². The van der Waals surface area contributed by atoms with Crippen molar-refractivity contribution >= 4 is 43.9 Å². The van der Waals surface area contributed by atoms with Crippen LogP contribution in [0.1, 0.15) is 31.8 Å². The molecule has 0 radical (unpaired) electrons. The SMILES string of the molecule is O=C1c2ccccc2C(=O)c2cc3c(ccc4cc5cn[nH]c(=O)c5cc43)cc21. The number of fused-ring (bicyclic) bond motifs is 6. The molecule has 4 aromatic carbocycles. The molecule has 29 heavy (non-hydrogen) atoms.